The van der Waals surface area contributed by atoms with Gasteiger partial charge in [0.2, 0.25) is 5.91 Å². The fourth-order valence-corrected chi connectivity index (χ4v) is 3.96. The Labute approximate surface area is 139 Å². The predicted molar refractivity (Wildman–Crippen MR) is 90.9 cm³/mol. The van der Waals surface area contributed by atoms with Crippen LogP contribution in [0.15, 0.2) is 12.4 Å². The number of nitrogens with zero attached hydrogens (tertiary/aromatic N) is 3. The van der Waals surface area contributed by atoms with Gasteiger partial charge in [-0.2, -0.15) is 0 Å². The lowest BCUT2D eigenvalue weighted by molar-refractivity contribution is -0.126. The van der Waals surface area contributed by atoms with Crippen LogP contribution in [-0.2, 0) is 17.9 Å². The van der Waals surface area contributed by atoms with Crippen LogP contribution in [0.2, 0.25) is 0 Å². The van der Waals surface area contributed by atoms with Crippen LogP contribution in [0.1, 0.15) is 51.3 Å². The average Bonchev–Trinajstić information content (AvgIpc) is 3.23. The second-order valence-electron chi connectivity index (χ2n) is 7.10. The minimum atomic E-state index is 0.276. The Bertz CT molecular complexity index is 507. The Kier molecular flexibility index (Phi) is 5.70. The molecule has 1 aromatic rings. The lowest BCUT2D eigenvalue weighted by atomic mass is 9.88. The largest absolute Gasteiger partial charge is 0.356 e. The highest BCUT2D eigenvalue weighted by atomic mass is 16.1. The van der Waals surface area contributed by atoms with Gasteiger partial charge in [-0.25, -0.2) is 4.98 Å². The number of hydrogen-bond donors (Lipinski definition) is 1. The minimum absolute atomic E-state index is 0.276. The fraction of sp³-hybridized carbons (Fsp3) is 0.778. The molecule has 2 heterocycles. The van der Waals surface area contributed by atoms with Crippen molar-refractivity contribution in [3.8, 4) is 0 Å². The molecule has 128 valence electrons. The summed E-state index contributed by atoms with van der Waals surface area (Å²) in [6.07, 6.45) is 11.0. The van der Waals surface area contributed by atoms with E-state index < -0.39 is 0 Å². The molecule has 2 aliphatic rings. The molecule has 1 saturated heterocycles. The average molecular weight is 318 g/mol. The number of nitrogens with one attached hydrogen (secondary N) is 1. The molecule has 23 heavy (non-hydrogen) atoms. The number of likely N-dealkylation sites (tertiary alicyclic amines) is 1. The Hall–Kier alpha value is -1.36. The first kappa shape index (κ1) is 16.5. The number of imidazole rings is 1. The maximum Gasteiger partial charge on any atom is 0.223 e. The van der Waals surface area contributed by atoms with Crippen molar-refractivity contribution in [2.24, 2.45) is 11.8 Å². The van der Waals surface area contributed by atoms with Crippen LogP contribution in [0.3, 0.4) is 0 Å². The van der Waals surface area contributed by atoms with Gasteiger partial charge in [0.05, 0.1) is 6.54 Å². The molecule has 1 amide bonds. The van der Waals surface area contributed by atoms with Crippen LogP contribution < -0.4 is 5.32 Å². The number of rotatable bonds is 6. The third-order valence-corrected chi connectivity index (χ3v) is 5.42. The maximum absolute atomic E-state index is 12.2. The summed E-state index contributed by atoms with van der Waals surface area (Å²) < 4.78 is 2.21. The molecule has 0 spiro atoms. The topological polar surface area (TPSA) is 50.2 Å². The monoisotopic (exact) mass is 318 g/mol. The quantitative estimate of drug-likeness (QED) is 0.876. The predicted octanol–water partition coefficient (Wildman–Crippen LogP) is 2.42. The van der Waals surface area contributed by atoms with Crippen molar-refractivity contribution < 1.29 is 4.79 Å². The van der Waals surface area contributed by atoms with Crippen molar-refractivity contribution in [1.29, 1.82) is 0 Å². The van der Waals surface area contributed by atoms with E-state index in [2.05, 4.69) is 26.7 Å². The van der Waals surface area contributed by atoms with Gasteiger partial charge in [-0.3, -0.25) is 9.69 Å². The highest BCUT2D eigenvalue weighted by Gasteiger charge is 2.26. The number of aromatic nitrogens is 2. The molecule has 1 atom stereocenters. The van der Waals surface area contributed by atoms with E-state index >= 15 is 0 Å². The summed E-state index contributed by atoms with van der Waals surface area (Å²) in [5.74, 6) is 2.31. The molecule has 1 aliphatic heterocycles. The first-order valence-corrected chi connectivity index (χ1v) is 9.26. The first-order valence-electron chi connectivity index (χ1n) is 9.26. The Morgan fingerprint density at radius 1 is 1.30 bits per heavy atom. The molecule has 5 nitrogen and oxygen atoms in total. The number of carbonyl (C=O) groups is 1. The van der Waals surface area contributed by atoms with Gasteiger partial charge in [-0.1, -0.05) is 19.3 Å². The van der Waals surface area contributed by atoms with Crippen molar-refractivity contribution in [1.82, 2.24) is 19.8 Å². The summed E-state index contributed by atoms with van der Waals surface area (Å²) in [5, 5.41) is 3.21. The summed E-state index contributed by atoms with van der Waals surface area (Å²) in [4.78, 5) is 19.2. The van der Waals surface area contributed by atoms with Crippen LogP contribution in [-0.4, -0.2) is 40.0 Å². The van der Waals surface area contributed by atoms with E-state index in [4.69, 9.17) is 0 Å². The molecule has 5 heteroatoms. The highest BCUT2D eigenvalue weighted by molar-refractivity contribution is 5.78. The molecule has 0 radical (unpaired) electrons. The highest BCUT2D eigenvalue weighted by Crippen LogP contribution is 2.24. The van der Waals surface area contributed by atoms with Crippen molar-refractivity contribution in [3.05, 3.63) is 18.2 Å². The van der Waals surface area contributed by atoms with E-state index in [1.165, 1.54) is 25.7 Å². The van der Waals surface area contributed by atoms with Crippen LogP contribution in [0.25, 0.3) is 0 Å². The molecule has 2 fully saturated rings. The van der Waals surface area contributed by atoms with Gasteiger partial charge in [0.15, 0.2) is 0 Å². The molecule has 1 N–H and O–H groups in total. The Morgan fingerprint density at radius 2 is 2.13 bits per heavy atom. The smallest absolute Gasteiger partial charge is 0.223 e. The zero-order valence-electron chi connectivity index (χ0n) is 14.3. The standard InChI is InChI=1S/C18H30N4O/c1-2-22-11-9-19-17(22)14-21-10-8-15(13-21)12-20-18(23)16-6-4-3-5-7-16/h9,11,15-16H,2-8,10,12-14H2,1H3,(H,20,23)/t15-/m0/s1. The molecule has 1 saturated carbocycles. The van der Waals surface area contributed by atoms with Gasteiger partial charge in [0.1, 0.15) is 5.82 Å². The number of amides is 1. The number of carbonyl (C=O) groups excluding carboxylic acids is 1. The van der Waals surface area contributed by atoms with Crippen molar-refractivity contribution in [2.45, 2.75) is 58.5 Å². The van der Waals surface area contributed by atoms with Gasteiger partial charge < -0.3 is 9.88 Å². The van der Waals surface area contributed by atoms with Gasteiger partial charge in [-0.05, 0) is 38.6 Å². The van der Waals surface area contributed by atoms with Gasteiger partial charge in [0, 0.05) is 37.9 Å². The van der Waals surface area contributed by atoms with E-state index in [0.717, 1.165) is 51.4 Å². The first-order chi connectivity index (χ1) is 11.3. The summed E-state index contributed by atoms with van der Waals surface area (Å²) in [6.45, 7) is 7.08. The number of aryl methyl sites for hydroxylation is 1. The number of hydrogen-bond acceptors (Lipinski definition) is 3. The van der Waals surface area contributed by atoms with E-state index in [1.54, 1.807) is 0 Å². The van der Waals surface area contributed by atoms with E-state index in [-0.39, 0.29) is 5.92 Å². The van der Waals surface area contributed by atoms with Crippen molar-refractivity contribution in [3.63, 3.8) is 0 Å². The molecule has 0 bridgehead atoms. The third-order valence-electron chi connectivity index (χ3n) is 5.42. The van der Waals surface area contributed by atoms with E-state index in [1.807, 2.05) is 12.4 Å². The summed E-state index contributed by atoms with van der Waals surface area (Å²) in [5.41, 5.74) is 0. The normalized spacial score (nSPS) is 23.3. The Balaban J connectivity index is 1.40. The summed E-state index contributed by atoms with van der Waals surface area (Å²) >= 11 is 0. The Morgan fingerprint density at radius 3 is 2.91 bits per heavy atom. The van der Waals surface area contributed by atoms with Gasteiger partial charge in [-0.15, -0.1) is 0 Å². The second-order valence-corrected chi connectivity index (χ2v) is 7.10. The summed E-state index contributed by atoms with van der Waals surface area (Å²) in [7, 11) is 0. The molecule has 3 rings (SSSR count). The fourth-order valence-electron chi connectivity index (χ4n) is 3.96. The molecule has 0 unspecified atom stereocenters. The molecule has 1 aliphatic carbocycles. The zero-order chi connectivity index (χ0) is 16.1. The van der Waals surface area contributed by atoms with Crippen LogP contribution in [0, 0.1) is 11.8 Å². The summed E-state index contributed by atoms with van der Waals surface area (Å²) in [6, 6.07) is 0. The van der Waals surface area contributed by atoms with Gasteiger partial charge >= 0.3 is 0 Å². The van der Waals surface area contributed by atoms with Crippen LogP contribution >= 0.6 is 0 Å². The lowest BCUT2D eigenvalue weighted by Gasteiger charge is -2.22. The van der Waals surface area contributed by atoms with E-state index in [0.29, 0.717) is 11.8 Å². The van der Waals surface area contributed by atoms with Crippen LogP contribution in [0.4, 0.5) is 0 Å². The zero-order valence-corrected chi connectivity index (χ0v) is 14.3. The molecular weight excluding hydrogens is 288 g/mol. The molecular formula is C18H30N4O. The SMILES string of the molecule is CCn1ccnc1CN1CC[C@@H](CNC(=O)C2CCCCC2)C1. The lowest BCUT2D eigenvalue weighted by Crippen LogP contribution is -2.36. The third kappa shape index (κ3) is 4.34. The maximum atomic E-state index is 12.2. The molecule has 0 aromatic carbocycles. The van der Waals surface area contributed by atoms with Crippen LogP contribution in [0.5, 0.6) is 0 Å². The molecule has 1 aromatic heterocycles. The second kappa shape index (κ2) is 7.95. The van der Waals surface area contributed by atoms with E-state index in [9.17, 15) is 4.79 Å². The van der Waals surface area contributed by atoms with Crippen molar-refractivity contribution in [2.75, 3.05) is 19.6 Å². The minimum Gasteiger partial charge on any atom is -0.356 e. The van der Waals surface area contributed by atoms with Gasteiger partial charge in [0.25, 0.3) is 0 Å². The van der Waals surface area contributed by atoms with Crippen molar-refractivity contribution >= 4 is 5.91 Å².